The Balaban J connectivity index is 1.96. The zero-order valence-electron chi connectivity index (χ0n) is 10.5. The first-order chi connectivity index (χ1) is 10.1. The number of nitrogens with one attached hydrogen (secondary N) is 1. The van der Waals surface area contributed by atoms with Crippen LogP contribution in [-0.2, 0) is 10.0 Å². The second-order valence-corrected chi connectivity index (χ2v) is 5.90. The lowest BCUT2D eigenvalue weighted by atomic mass is 10.2. The number of nitrogens with zero attached hydrogens (tertiary/aromatic N) is 3. The van der Waals surface area contributed by atoms with Crippen LogP contribution < -0.4 is 4.72 Å². The highest BCUT2D eigenvalue weighted by Gasteiger charge is 2.15. The molecule has 0 radical (unpaired) electrons. The molecule has 0 aliphatic rings. The van der Waals surface area contributed by atoms with Crippen LogP contribution in [0.5, 0.6) is 0 Å². The molecule has 0 saturated carbocycles. The average Bonchev–Trinajstić information content (AvgIpc) is 2.94. The molecule has 0 unspecified atom stereocenters. The van der Waals surface area contributed by atoms with E-state index in [1.165, 1.54) is 30.3 Å². The van der Waals surface area contributed by atoms with Gasteiger partial charge in [-0.25, -0.2) is 13.0 Å². The van der Waals surface area contributed by atoms with Gasteiger partial charge >= 0.3 is 0 Å². The molecule has 1 N–H and O–H groups in total. The van der Waals surface area contributed by atoms with Crippen molar-refractivity contribution in [1.29, 1.82) is 5.26 Å². The monoisotopic (exact) mass is 300 g/mol. The molecular formula is C13H8N4O3S. The van der Waals surface area contributed by atoms with Crippen LogP contribution in [0.2, 0.25) is 0 Å². The first kappa shape index (κ1) is 13.1. The second-order valence-electron chi connectivity index (χ2n) is 4.21. The van der Waals surface area contributed by atoms with Gasteiger partial charge < -0.3 is 0 Å². The Labute approximate surface area is 119 Å². The third kappa shape index (κ3) is 2.54. The van der Waals surface area contributed by atoms with E-state index in [9.17, 15) is 8.42 Å². The number of hydrogen-bond acceptors (Lipinski definition) is 6. The molecule has 3 aromatic rings. The zero-order valence-corrected chi connectivity index (χ0v) is 11.3. The molecule has 104 valence electrons. The largest absolute Gasteiger partial charge is 0.280 e. The van der Waals surface area contributed by atoms with Gasteiger partial charge in [0.25, 0.3) is 10.0 Å². The van der Waals surface area contributed by atoms with Crippen molar-refractivity contribution in [2.45, 2.75) is 4.90 Å². The summed E-state index contributed by atoms with van der Waals surface area (Å²) in [6.45, 7) is 0. The average molecular weight is 300 g/mol. The van der Waals surface area contributed by atoms with E-state index in [4.69, 9.17) is 5.26 Å². The van der Waals surface area contributed by atoms with Crippen LogP contribution in [0, 0.1) is 11.3 Å². The maximum atomic E-state index is 12.3. The summed E-state index contributed by atoms with van der Waals surface area (Å²) in [5.74, 6) is 0. The highest BCUT2D eigenvalue weighted by Crippen LogP contribution is 2.20. The minimum absolute atomic E-state index is 0.0138. The van der Waals surface area contributed by atoms with E-state index in [1.807, 2.05) is 6.07 Å². The number of sulfonamides is 1. The summed E-state index contributed by atoms with van der Waals surface area (Å²) in [5, 5.41) is 16.1. The lowest BCUT2D eigenvalue weighted by molar-refractivity contribution is 0.315. The number of benzene rings is 2. The maximum Gasteiger partial charge on any atom is 0.261 e. The van der Waals surface area contributed by atoms with Crippen LogP contribution in [0.25, 0.3) is 11.0 Å². The Kier molecular flexibility index (Phi) is 3.04. The van der Waals surface area contributed by atoms with Crippen molar-refractivity contribution >= 4 is 26.7 Å². The standard InChI is InChI=1S/C13H8N4O3S/c14-8-9-2-1-3-11(6-9)21(18,19)17-10-4-5-12-13(7-10)16-20-15-12/h1-7,17H. The molecule has 0 atom stereocenters. The van der Waals surface area contributed by atoms with Crippen molar-refractivity contribution in [3.05, 3.63) is 48.0 Å². The molecule has 21 heavy (non-hydrogen) atoms. The molecule has 8 heteroatoms. The Hall–Kier alpha value is -2.92. The molecule has 0 aliphatic heterocycles. The number of aromatic nitrogens is 2. The molecule has 0 bridgehead atoms. The molecular weight excluding hydrogens is 292 g/mol. The van der Waals surface area contributed by atoms with E-state index >= 15 is 0 Å². The Bertz CT molecular complexity index is 957. The van der Waals surface area contributed by atoms with Crippen molar-refractivity contribution in [3.8, 4) is 6.07 Å². The van der Waals surface area contributed by atoms with E-state index in [1.54, 1.807) is 12.1 Å². The number of hydrogen-bond donors (Lipinski definition) is 1. The smallest absolute Gasteiger partial charge is 0.261 e. The molecule has 0 fully saturated rings. The SMILES string of the molecule is N#Cc1cccc(S(=O)(=O)Nc2ccc3nonc3c2)c1. The molecule has 3 rings (SSSR count). The summed E-state index contributed by atoms with van der Waals surface area (Å²) >= 11 is 0. The van der Waals surface area contributed by atoms with Crippen LogP contribution in [0.15, 0.2) is 52.0 Å². The zero-order chi connectivity index (χ0) is 14.9. The van der Waals surface area contributed by atoms with Gasteiger partial charge in [-0.15, -0.1) is 0 Å². The number of rotatable bonds is 3. The van der Waals surface area contributed by atoms with Gasteiger partial charge in [-0.1, -0.05) is 6.07 Å². The van der Waals surface area contributed by atoms with Crippen molar-refractivity contribution < 1.29 is 13.0 Å². The van der Waals surface area contributed by atoms with Crippen molar-refractivity contribution in [2.24, 2.45) is 0 Å². The summed E-state index contributed by atoms with van der Waals surface area (Å²) in [4.78, 5) is 0.0138. The molecule has 0 amide bonds. The lowest BCUT2D eigenvalue weighted by Gasteiger charge is -2.07. The molecule has 1 aromatic heterocycles. The topological polar surface area (TPSA) is 109 Å². The third-order valence-electron chi connectivity index (χ3n) is 2.78. The first-order valence-electron chi connectivity index (χ1n) is 5.84. The van der Waals surface area contributed by atoms with Gasteiger partial charge in [0, 0.05) is 0 Å². The Morgan fingerprint density at radius 3 is 2.71 bits per heavy atom. The van der Waals surface area contributed by atoms with Crippen molar-refractivity contribution in [1.82, 2.24) is 10.3 Å². The second kappa shape index (κ2) is 4.88. The summed E-state index contributed by atoms with van der Waals surface area (Å²) in [6.07, 6.45) is 0. The molecule has 7 nitrogen and oxygen atoms in total. The Morgan fingerprint density at radius 1 is 1.10 bits per heavy atom. The minimum Gasteiger partial charge on any atom is -0.280 e. The van der Waals surface area contributed by atoms with Gasteiger partial charge in [0.1, 0.15) is 11.0 Å². The van der Waals surface area contributed by atoms with Gasteiger partial charge in [-0.05, 0) is 46.7 Å². The molecule has 0 spiro atoms. The van der Waals surface area contributed by atoms with Crippen molar-refractivity contribution in [3.63, 3.8) is 0 Å². The summed E-state index contributed by atoms with van der Waals surface area (Å²) in [7, 11) is -3.78. The fraction of sp³-hybridized carbons (Fsp3) is 0. The highest BCUT2D eigenvalue weighted by atomic mass is 32.2. The quantitative estimate of drug-likeness (QED) is 0.791. The van der Waals surface area contributed by atoms with E-state index in [-0.39, 0.29) is 10.5 Å². The van der Waals surface area contributed by atoms with E-state index < -0.39 is 10.0 Å². The summed E-state index contributed by atoms with van der Waals surface area (Å²) < 4.78 is 31.5. The Morgan fingerprint density at radius 2 is 1.90 bits per heavy atom. The molecule has 0 saturated heterocycles. The summed E-state index contributed by atoms with van der Waals surface area (Å²) in [5.41, 5.74) is 1.58. The maximum absolute atomic E-state index is 12.3. The fourth-order valence-corrected chi connectivity index (χ4v) is 2.89. The van der Waals surface area contributed by atoms with Crippen LogP contribution in [0.1, 0.15) is 5.56 Å². The lowest BCUT2D eigenvalue weighted by Crippen LogP contribution is -2.13. The third-order valence-corrected chi connectivity index (χ3v) is 4.16. The van der Waals surface area contributed by atoms with Gasteiger partial charge in [-0.2, -0.15) is 5.26 Å². The van der Waals surface area contributed by atoms with Gasteiger partial charge in [-0.3, -0.25) is 4.72 Å². The predicted octanol–water partition coefficient (Wildman–Crippen LogP) is 1.90. The molecule has 0 aliphatic carbocycles. The van der Waals surface area contributed by atoms with Crippen LogP contribution in [-0.4, -0.2) is 18.7 Å². The number of nitriles is 1. The van der Waals surface area contributed by atoms with Gasteiger partial charge in [0.05, 0.1) is 22.2 Å². The van der Waals surface area contributed by atoms with Gasteiger partial charge in [0.15, 0.2) is 0 Å². The van der Waals surface area contributed by atoms with E-state index in [2.05, 4.69) is 19.7 Å². The van der Waals surface area contributed by atoms with E-state index in [0.29, 0.717) is 16.7 Å². The van der Waals surface area contributed by atoms with Gasteiger partial charge in [0.2, 0.25) is 0 Å². The molecule has 2 aromatic carbocycles. The fourth-order valence-electron chi connectivity index (χ4n) is 1.79. The molecule has 1 heterocycles. The number of fused-ring (bicyclic) bond motifs is 1. The van der Waals surface area contributed by atoms with E-state index in [0.717, 1.165) is 0 Å². The minimum atomic E-state index is -3.78. The van der Waals surface area contributed by atoms with Crippen LogP contribution in [0.3, 0.4) is 0 Å². The first-order valence-corrected chi connectivity index (χ1v) is 7.32. The summed E-state index contributed by atoms with van der Waals surface area (Å²) in [6, 6.07) is 12.3. The van der Waals surface area contributed by atoms with Crippen LogP contribution in [0.4, 0.5) is 5.69 Å². The normalized spacial score (nSPS) is 11.2. The van der Waals surface area contributed by atoms with Crippen molar-refractivity contribution in [2.75, 3.05) is 4.72 Å². The predicted molar refractivity (Wildman–Crippen MR) is 73.8 cm³/mol. The number of anilines is 1. The highest BCUT2D eigenvalue weighted by molar-refractivity contribution is 7.92. The van der Waals surface area contributed by atoms with Crippen LogP contribution >= 0.6 is 0 Å².